The third-order valence-electron chi connectivity index (χ3n) is 4.10. The first-order valence-electron chi connectivity index (χ1n) is 8.16. The fraction of sp³-hybridized carbons (Fsp3) is 0.300. The number of carboxylic acid groups (broad SMARTS) is 2. The summed E-state index contributed by atoms with van der Waals surface area (Å²) >= 11 is 0. The lowest BCUT2D eigenvalue weighted by atomic mass is 10.0. The molecule has 0 radical (unpaired) electrons. The van der Waals surface area contributed by atoms with E-state index in [2.05, 4.69) is 6.58 Å². The number of carboxylic acids is 2. The average Bonchev–Trinajstić information content (AvgIpc) is 2.80. The van der Waals surface area contributed by atoms with E-state index in [1.54, 1.807) is 12.1 Å². The van der Waals surface area contributed by atoms with Crippen LogP contribution in [0.5, 0.6) is 0 Å². The molecule has 1 aromatic heterocycles. The Morgan fingerprint density at radius 3 is 2.48 bits per heavy atom. The number of aromatic carboxylic acids is 1. The summed E-state index contributed by atoms with van der Waals surface area (Å²) in [6.45, 7) is 10.4. The highest BCUT2D eigenvalue weighted by molar-refractivity contribution is 5.96. The maximum absolute atomic E-state index is 11.4. The van der Waals surface area contributed by atoms with Crippen LogP contribution in [0.4, 0.5) is 0 Å². The van der Waals surface area contributed by atoms with Crippen molar-refractivity contribution in [3.05, 3.63) is 59.3 Å². The number of allylic oxidation sites excluding steroid dienone is 3. The van der Waals surface area contributed by atoms with E-state index >= 15 is 0 Å². The lowest BCUT2D eigenvalue weighted by Crippen LogP contribution is -2.09. The number of aromatic nitrogens is 1. The number of nitrogens with zero attached hydrogens (tertiary/aromatic N) is 1. The fourth-order valence-corrected chi connectivity index (χ4v) is 3.23. The Labute approximate surface area is 146 Å². The third-order valence-corrected chi connectivity index (χ3v) is 4.10. The molecule has 0 amide bonds. The van der Waals surface area contributed by atoms with Crippen molar-refractivity contribution in [1.82, 2.24) is 4.57 Å². The summed E-state index contributed by atoms with van der Waals surface area (Å²) in [4.78, 5) is 22.7. The van der Waals surface area contributed by atoms with Crippen LogP contribution in [0.25, 0.3) is 10.9 Å². The van der Waals surface area contributed by atoms with Crippen molar-refractivity contribution in [2.75, 3.05) is 0 Å². The molecule has 132 valence electrons. The van der Waals surface area contributed by atoms with E-state index in [4.69, 9.17) is 0 Å². The Balaban J connectivity index is 2.80. The maximum Gasteiger partial charge on any atom is 0.335 e. The van der Waals surface area contributed by atoms with Gasteiger partial charge in [-0.15, -0.1) is 0 Å². The molecule has 0 saturated carbocycles. The lowest BCUT2D eigenvalue weighted by molar-refractivity contribution is -0.136. The summed E-state index contributed by atoms with van der Waals surface area (Å²) in [5, 5.41) is 19.4. The van der Waals surface area contributed by atoms with Crippen molar-refractivity contribution in [1.29, 1.82) is 0 Å². The number of hydrogen-bond donors (Lipinski definition) is 2. The van der Waals surface area contributed by atoms with E-state index in [-0.39, 0.29) is 17.9 Å². The van der Waals surface area contributed by atoms with E-state index in [0.29, 0.717) is 6.54 Å². The maximum atomic E-state index is 11.4. The van der Waals surface area contributed by atoms with Gasteiger partial charge in [-0.25, -0.2) is 4.79 Å². The molecule has 2 rings (SSSR count). The van der Waals surface area contributed by atoms with Gasteiger partial charge in [0.2, 0.25) is 0 Å². The van der Waals surface area contributed by atoms with Crippen LogP contribution in [0.15, 0.2) is 42.5 Å². The van der Waals surface area contributed by atoms with E-state index in [1.807, 2.05) is 37.5 Å². The van der Waals surface area contributed by atoms with Crippen molar-refractivity contribution in [3.63, 3.8) is 0 Å². The van der Waals surface area contributed by atoms with Gasteiger partial charge in [-0.3, -0.25) is 4.79 Å². The number of hydrogen-bond acceptors (Lipinski definition) is 2. The molecular weight excluding hydrogens is 318 g/mol. The minimum Gasteiger partial charge on any atom is -0.481 e. The molecular formula is C20H23NO4. The second-order valence-corrected chi connectivity index (χ2v) is 6.37. The third kappa shape index (κ3) is 3.82. The molecule has 0 spiro atoms. The van der Waals surface area contributed by atoms with Gasteiger partial charge in [-0.1, -0.05) is 38.6 Å². The highest BCUT2D eigenvalue weighted by atomic mass is 16.4. The summed E-state index contributed by atoms with van der Waals surface area (Å²) in [6.07, 6.45) is 3.69. The van der Waals surface area contributed by atoms with Crippen LogP contribution < -0.4 is 0 Å². The van der Waals surface area contributed by atoms with Crippen molar-refractivity contribution in [2.45, 2.75) is 39.7 Å². The predicted octanol–water partition coefficient (Wildman–Crippen LogP) is 4.22. The summed E-state index contributed by atoms with van der Waals surface area (Å²) in [5.41, 5.74) is 3.42. The van der Waals surface area contributed by atoms with Gasteiger partial charge in [0.1, 0.15) is 0 Å². The summed E-state index contributed by atoms with van der Waals surface area (Å²) in [5.74, 6) is -1.82. The van der Waals surface area contributed by atoms with Crippen LogP contribution in [-0.2, 0) is 17.8 Å². The first-order chi connectivity index (χ1) is 11.8. The van der Waals surface area contributed by atoms with E-state index in [1.165, 1.54) is 6.07 Å². The highest BCUT2D eigenvalue weighted by Gasteiger charge is 2.22. The molecule has 0 aliphatic rings. The van der Waals surface area contributed by atoms with Gasteiger partial charge in [0.15, 0.2) is 0 Å². The second-order valence-electron chi connectivity index (χ2n) is 6.37. The quantitative estimate of drug-likeness (QED) is 0.739. The number of rotatable bonds is 7. The molecule has 0 bridgehead atoms. The normalized spacial score (nSPS) is 11.5. The van der Waals surface area contributed by atoms with Crippen molar-refractivity contribution < 1.29 is 19.8 Å². The standard InChI is InChI=1S/C20H23NO4/c1-5-6-13(4)11-21-17-9-14(20(24)25)7-8-15(17)16(10-18(22)23)19(21)12(2)3/h5-9,12H,4,10-11H2,1-3H3,(H,22,23)(H,24,25)/b6-5-. The second kappa shape index (κ2) is 7.38. The Morgan fingerprint density at radius 2 is 1.96 bits per heavy atom. The first-order valence-corrected chi connectivity index (χ1v) is 8.16. The fourth-order valence-electron chi connectivity index (χ4n) is 3.23. The van der Waals surface area contributed by atoms with Crippen LogP contribution >= 0.6 is 0 Å². The van der Waals surface area contributed by atoms with Crippen LogP contribution in [0.1, 0.15) is 48.3 Å². The van der Waals surface area contributed by atoms with E-state index in [9.17, 15) is 19.8 Å². The van der Waals surface area contributed by atoms with Crippen molar-refractivity contribution >= 4 is 22.8 Å². The summed E-state index contributed by atoms with van der Waals surface area (Å²) in [6, 6.07) is 4.83. The van der Waals surface area contributed by atoms with Gasteiger partial charge in [-0.2, -0.15) is 0 Å². The van der Waals surface area contributed by atoms with Crippen molar-refractivity contribution in [2.24, 2.45) is 0 Å². The minimum absolute atomic E-state index is 0.0911. The van der Waals surface area contributed by atoms with Crippen molar-refractivity contribution in [3.8, 4) is 0 Å². The molecule has 2 aromatic rings. The Bertz CT molecular complexity index is 871. The molecule has 1 aromatic carbocycles. The Morgan fingerprint density at radius 1 is 1.28 bits per heavy atom. The summed E-state index contributed by atoms with van der Waals surface area (Å²) < 4.78 is 1.99. The number of fused-ring (bicyclic) bond motifs is 1. The molecule has 1 heterocycles. The van der Waals surface area contributed by atoms with Gasteiger partial charge in [0.05, 0.1) is 12.0 Å². The first kappa shape index (κ1) is 18.5. The number of carbonyl (C=O) groups is 2. The predicted molar refractivity (Wildman–Crippen MR) is 98.3 cm³/mol. The molecule has 0 unspecified atom stereocenters. The van der Waals surface area contributed by atoms with Gasteiger partial charge in [-0.05, 0) is 36.1 Å². The van der Waals surface area contributed by atoms with Gasteiger partial charge in [0, 0.05) is 23.1 Å². The molecule has 0 atom stereocenters. The topological polar surface area (TPSA) is 79.5 Å². The molecule has 5 nitrogen and oxygen atoms in total. The van der Waals surface area contributed by atoms with E-state index < -0.39 is 11.9 Å². The molecule has 0 aliphatic carbocycles. The Kier molecular flexibility index (Phi) is 5.47. The smallest absolute Gasteiger partial charge is 0.335 e. The number of aliphatic carboxylic acids is 1. The molecule has 0 fully saturated rings. The van der Waals surface area contributed by atoms with E-state index in [0.717, 1.165) is 27.7 Å². The molecule has 0 aliphatic heterocycles. The zero-order valence-electron chi connectivity index (χ0n) is 14.7. The monoisotopic (exact) mass is 341 g/mol. The SMILES string of the molecule is C=C(/C=C\C)Cn1c(C(C)C)c(CC(=O)O)c2ccc(C(=O)O)cc21. The van der Waals surface area contributed by atoms with Crippen LogP contribution in [0, 0.1) is 0 Å². The van der Waals surface area contributed by atoms with Gasteiger partial charge in [0.25, 0.3) is 0 Å². The number of benzene rings is 1. The zero-order chi connectivity index (χ0) is 18.7. The zero-order valence-corrected chi connectivity index (χ0v) is 14.7. The molecule has 25 heavy (non-hydrogen) atoms. The van der Waals surface area contributed by atoms with Crippen LogP contribution in [0.3, 0.4) is 0 Å². The van der Waals surface area contributed by atoms with Crippen LogP contribution in [-0.4, -0.2) is 26.7 Å². The lowest BCUT2D eigenvalue weighted by Gasteiger charge is -2.15. The van der Waals surface area contributed by atoms with Gasteiger partial charge >= 0.3 is 11.9 Å². The minimum atomic E-state index is -1.01. The molecule has 5 heteroatoms. The highest BCUT2D eigenvalue weighted by Crippen LogP contribution is 2.33. The Hall–Kier alpha value is -2.82. The summed E-state index contributed by atoms with van der Waals surface area (Å²) in [7, 11) is 0. The molecule has 0 saturated heterocycles. The van der Waals surface area contributed by atoms with Gasteiger partial charge < -0.3 is 14.8 Å². The average molecular weight is 341 g/mol. The van der Waals surface area contributed by atoms with Crippen LogP contribution in [0.2, 0.25) is 0 Å². The molecule has 2 N–H and O–H groups in total. The largest absolute Gasteiger partial charge is 0.481 e.